The molecule has 1 aliphatic heterocycles. The number of rotatable bonds is 2. The molecule has 1 atom stereocenters. The van der Waals surface area contributed by atoms with Crippen LogP contribution in [0.1, 0.15) is 40.6 Å². The molecular weight excluding hydrogens is 407 g/mol. The summed E-state index contributed by atoms with van der Waals surface area (Å²) in [5, 5.41) is 9.10. The zero-order valence-electron chi connectivity index (χ0n) is 16.4. The third-order valence-electron chi connectivity index (χ3n) is 5.65. The fraction of sp³-hybridized carbons (Fsp3) is 0.273. The molecule has 4 aromatic rings. The third kappa shape index (κ3) is 3.60. The fourth-order valence-corrected chi connectivity index (χ4v) is 4.07. The van der Waals surface area contributed by atoms with Crippen molar-refractivity contribution in [2.45, 2.75) is 24.9 Å². The zero-order chi connectivity index (χ0) is 21.6. The van der Waals surface area contributed by atoms with E-state index in [0.717, 1.165) is 29.6 Å². The molecule has 1 aromatic carbocycles. The highest BCUT2D eigenvalue weighted by atomic mass is 19.4. The van der Waals surface area contributed by atoms with Crippen LogP contribution >= 0.6 is 0 Å². The van der Waals surface area contributed by atoms with Gasteiger partial charge in [0.05, 0.1) is 11.1 Å². The molecule has 1 unspecified atom stereocenters. The van der Waals surface area contributed by atoms with Crippen LogP contribution in [0.3, 0.4) is 0 Å². The highest BCUT2D eigenvalue weighted by molar-refractivity contribution is 5.95. The Bertz CT molecular complexity index is 1280. The third-order valence-corrected chi connectivity index (χ3v) is 5.65. The maximum absolute atomic E-state index is 13.1. The lowest BCUT2D eigenvalue weighted by Gasteiger charge is -2.31. The molecule has 158 valence electrons. The molecule has 0 radical (unpaired) electrons. The standard InChI is InChI=1S/C22H18F3N5O/c23-22(24,25)16-8-10-19-27-28-20(30(19)13-16)15-5-3-11-29(12-15)21(31)18-9-7-14-4-1-2-6-17(14)26-18/h1-2,4,6-10,13,15H,3,5,11-12H2. The van der Waals surface area contributed by atoms with Crippen molar-refractivity contribution in [2.75, 3.05) is 13.1 Å². The van der Waals surface area contributed by atoms with E-state index in [1.165, 1.54) is 10.5 Å². The molecule has 0 aliphatic carbocycles. The largest absolute Gasteiger partial charge is 0.417 e. The first-order valence-electron chi connectivity index (χ1n) is 9.97. The maximum atomic E-state index is 13.1. The van der Waals surface area contributed by atoms with Crippen LogP contribution in [-0.2, 0) is 6.18 Å². The van der Waals surface area contributed by atoms with Gasteiger partial charge in [0.2, 0.25) is 0 Å². The lowest BCUT2D eigenvalue weighted by atomic mass is 9.96. The minimum atomic E-state index is -4.45. The van der Waals surface area contributed by atoms with Gasteiger partial charge < -0.3 is 4.90 Å². The number of pyridine rings is 2. The number of carbonyl (C=O) groups is 1. The molecule has 31 heavy (non-hydrogen) atoms. The average molecular weight is 425 g/mol. The summed E-state index contributed by atoms with van der Waals surface area (Å²) in [5.41, 5.74) is 0.683. The molecule has 6 nitrogen and oxygen atoms in total. The summed E-state index contributed by atoms with van der Waals surface area (Å²) in [6.07, 6.45) is -1.99. The SMILES string of the molecule is O=C(c1ccc2ccccc2n1)N1CCCC(c2nnc3ccc(C(F)(F)F)cn23)C1. The number of carbonyl (C=O) groups excluding carboxylic acids is 1. The number of aromatic nitrogens is 4. The lowest BCUT2D eigenvalue weighted by molar-refractivity contribution is -0.137. The van der Waals surface area contributed by atoms with Crippen molar-refractivity contribution in [2.24, 2.45) is 0 Å². The number of fused-ring (bicyclic) bond motifs is 2. The van der Waals surface area contributed by atoms with Crippen LogP contribution < -0.4 is 0 Å². The molecule has 5 rings (SSSR count). The second-order valence-corrected chi connectivity index (χ2v) is 7.68. The molecule has 1 fully saturated rings. The van der Waals surface area contributed by atoms with Gasteiger partial charge in [-0.25, -0.2) is 4.98 Å². The summed E-state index contributed by atoms with van der Waals surface area (Å²) in [6.45, 7) is 0.915. The predicted molar refractivity (Wildman–Crippen MR) is 108 cm³/mol. The average Bonchev–Trinajstić information content (AvgIpc) is 3.21. The molecule has 1 aliphatic rings. The number of likely N-dealkylation sites (tertiary alicyclic amines) is 1. The van der Waals surface area contributed by atoms with Gasteiger partial charge in [0, 0.05) is 30.6 Å². The number of nitrogens with zero attached hydrogens (tertiary/aromatic N) is 5. The number of hydrogen-bond acceptors (Lipinski definition) is 4. The minimum absolute atomic E-state index is 0.194. The van der Waals surface area contributed by atoms with Crippen LogP contribution in [0, 0.1) is 0 Å². The Hall–Kier alpha value is -3.49. The van der Waals surface area contributed by atoms with Crippen LogP contribution in [-0.4, -0.2) is 43.5 Å². The Labute approximate surface area is 175 Å². The minimum Gasteiger partial charge on any atom is -0.337 e. The van der Waals surface area contributed by atoms with Crippen molar-refractivity contribution in [3.8, 4) is 0 Å². The van der Waals surface area contributed by atoms with Crippen LogP contribution in [0.2, 0.25) is 0 Å². The molecule has 0 bridgehead atoms. The Morgan fingerprint density at radius 2 is 1.87 bits per heavy atom. The number of para-hydroxylation sites is 1. The normalized spacial score (nSPS) is 17.4. The molecule has 9 heteroatoms. The van der Waals surface area contributed by atoms with Crippen LogP contribution in [0.25, 0.3) is 16.6 Å². The zero-order valence-corrected chi connectivity index (χ0v) is 16.4. The van der Waals surface area contributed by atoms with Gasteiger partial charge in [-0.2, -0.15) is 13.2 Å². The first-order valence-corrected chi connectivity index (χ1v) is 9.97. The predicted octanol–water partition coefficient (Wildman–Crippen LogP) is 4.32. The van der Waals surface area contributed by atoms with E-state index < -0.39 is 11.7 Å². The first-order chi connectivity index (χ1) is 14.9. The Balaban J connectivity index is 1.43. The molecule has 3 aromatic heterocycles. The van der Waals surface area contributed by atoms with E-state index in [9.17, 15) is 18.0 Å². The number of amides is 1. The van der Waals surface area contributed by atoms with E-state index in [2.05, 4.69) is 15.2 Å². The summed E-state index contributed by atoms with van der Waals surface area (Å²) in [4.78, 5) is 19.3. The van der Waals surface area contributed by atoms with Crippen LogP contribution in [0.15, 0.2) is 54.7 Å². The smallest absolute Gasteiger partial charge is 0.337 e. The van der Waals surface area contributed by atoms with Crippen molar-refractivity contribution < 1.29 is 18.0 Å². The van der Waals surface area contributed by atoms with Gasteiger partial charge in [-0.1, -0.05) is 24.3 Å². The van der Waals surface area contributed by atoms with Gasteiger partial charge in [-0.05, 0) is 37.1 Å². The number of benzene rings is 1. The molecule has 1 amide bonds. The van der Waals surface area contributed by atoms with Gasteiger partial charge in [-0.3, -0.25) is 9.20 Å². The molecular formula is C22H18F3N5O. The lowest BCUT2D eigenvalue weighted by Crippen LogP contribution is -2.40. The van der Waals surface area contributed by atoms with Gasteiger partial charge in [0.25, 0.3) is 5.91 Å². The summed E-state index contributed by atoms with van der Waals surface area (Å²) < 4.78 is 40.8. The molecule has 0 N–H and O–H groups in total. The van der Waals surface area contributed by atoms with E-state index in [4.69, 9.17) is 0 Å². The highest BCUT2D eigenvalue weighted by Gasteiger charge is 2.33. The monoisotopic (exact) mass is 425 g/mol. The number of hydrogen-bond donors (Lipinski definition) is 0. The fourth-order valence-electron chi connectivity index (χ4n) is 4.07. The number of alkyl halides is 3. The summed E-state index contributed by atoms with van der Waals surface area (Å²) in [7, 11) is 0. The molecule has 1 saturated heterocycles. The molecule has 0 saturated carbocycles. The van der Waals surface area contributed by atoms with Gasteiger partial charge in [-0.15, -0.1) is 10.2 Å². The van der Waals surface area contributed by atoms with Gasteiger partial charge in [0.1, 0.15) is 11.5 Å². The van der Waals surface area contributed by atoms with Crippen molar-refractivity contribution in [1.82, 2.24) is 24.5 Å². The van der Waals surface area contributed by atoms with Crippen molar-refractivity contribution in [3.05, 3.63) is 71.8 Å². The maximum Gasteiger partial charge on any atom is 0.417 e. The Morgan fingerprint density at radius 1 is 1.03 bits per heavy atom. The van der Waals surface area contributed by atoms with Crippen LogP contribution in [0.5, 0.6) is 0 Å². The quantitative estimate of drug-likeness (QED) is 0.480. The second kappa shape index (κ2) is 7.33. The number of piperidine rings is 1. The highest BCUT2D eigenvalue weighted by Crippen LogP contribution is 2.31. The van der Waals surface area contributed by atoms with Crippen LogP contribution in [0.4, 0.5) is 13.2 Å². The molecule has 0 spiro atoms. The summed E-state index contributed by atoms with van der Waals surface area (Å²) >= 11 is 0. The van der Waals surface area contributed by atoms with Crippen molar-refractivity contribution in [1.29, 1.82) is 0 Å². The first kappa shape index (κ1) is 19.5. The Kier molecular flexibility index (Phi) is 4.60. The second-order valence-electron chi connectivity index (χ2n) is 7.68. The van der Waals surface area contributed by atoms with Gasteiger partial charge in [0.15, 0.2) is 5.65 Å². The molecule has 4 heterocycles. The van der Waals surface area contributed by atoms with E-state index >= 15 is 0 Å². The van der Waals surface area contributed by atoms with Crippen molar-refractivity contribution in [3.63, 3.8) is 0 Å². The summed E-state index contributed by atoms with van der Waals surface area (Å²) in [5.74, 6) is 0.0296. The summed E-state index contributed by atoms with van der Waals surface area (Å²) in [6, 6.07) is 13.4. The number of halogens is 3. The van der Waals surface area contributed by atoms with E-state index in [1.807, 2.05) is 30.3 Å². The van der Waals surface area contributed by atoms with E-state index in [1.54, 1.807) is 11.0 Å². The van der Waals surface area contributed by atoms with E-state index in [-0.39, 0.29) is 11.8 Å². The van der Waals surface area contributed by atoms with Gasteiger partial charge >= 0.3 is 6.18 Å². The Morgan fingerprint density at radius 3 is 2.71 bits per heavy atom. The van der Waals surface area contributed by atoms with Crippen molar-refractivity contribution >= 4 is 22.5 Å². The van der Waals surface area contributed by atoms with E-state index in [0.29, 0.717) is 36.7 Å². The topological polar surface area (TPSA) is 63.4 Å².